The van der Waals surface area contributed by atoms with Crippen LogP contribution in [0.2, 0.25) is 0 Å². The van der Waals surface area contributed by atoms with Crippen LogP contribution in [0.4, 0.5) is 0 Å². The molecule has 4 rings (SSSR count). The van der Waals surface area contributed by atoms with E-state index in [9.17, 15) is 9.59 Å². The van der Waals surface area contributed by atoms with Crippen molar-refractivity contribution in [2.45, 2.75) is 33.1 Å². The highest BCUT2D eigenvalue weighted by molar-refractivity contribution is 9.11. The smallest absolute Gasteiger partial charge is 0.343 e. The summed E-state index contributed by atoms with van der Waals surface area (Å²) in [4.78, 5) is 25.5. The predicted octanol–water partition coefficient (Wildman–Crippen LogP) is 10.1. The number of carbonyl (C=O) groups excluding carboxylic acids is 2. The highest BCUT2D eigenvalue weighted by Gasteiger charge is 2.28. The van der Waals surface area contributed by atoms with Gasteiger partial charge in [-0.15, -0.1) is 0 Å². The second-order valence-electron chi connectivity index (χ2n) is 9.68. The lowest BCUT2D eigenvalue weighted by Gasteiger charge is -2.28. The minimum absolute atomic E-state index is 0.404. The van der Waals surface area contributed by atoms with Gasteiger partial charge in [-0.1, -0.05) is 49.2 Å². The zero-order valence-electron chi connectivity index (χ0n) is 21.6. The summed E-state index contributed by atoms with van der Waals surface area (Å²) in [6, 6.07) is 22.3. The van der Waals surface area contributed by atoms with Crippen LogP contribution in [0.1, 0.15) is 56.8 Å². The number of ether oxygens (including phenoxy) is 2. The predicted molar refractivity (Wildman–Crippen MR) is 168 cm³/mol. The Bertz CT molecular complexity index is 1430. The van der Waals surface area contributed by atoms with E-state index in [0.29, 0.717) is 40.5 Å². The SMILES string of the molecule is Cc1cccc(C(=O)Oc2c(Br)cc(C(C)(C)c3cc(Br)c(OC(=O)c4cccc(C)c4)c(Br)c3)cc2Br)c1. The van der Waals surface area contributed by atoms with Gasteiger partial charge in [-0.25, -0.2) is 9.59 Å². The van der Waals surface area contributed by atoms with Crippen LogP contribution in [0.25, 0.3) is 0 Å². The van der Waals surface area contributed by atoms with Crippen molar-refractivity contribution in [3.63, 3.8) is 0 Å². The summed E-state index contributed by atoms with van der Waals surface area (Å²) in [6.45, 7) is 8.03. The summed E-state index contributed by atoms with van der Waals surface area (Å²) in [5.74, 6) is -0.0600. The van der Waals surface area contributed by atoms with Crippen molar-refractivity contribution in [1.29, 1.82) is 0 Å². The number of esters is 2. The molecular weight excluding hydrogens is 756 g/mol. The fraction of sp³-hybridized carbons (Fsp3) is 0.161. The minimum Gasteiger partial charge on any atom is -0.421 e. The fourth-order valence-corrected chi connectivity index (χ4v) is 6.75. The maximum Gasteiger partial charge on any atom is 0.343 e. The Morgan fingerprint density at radius 2 is 0.923 bits per heavy atom. The third-order valence-corrected chi connectivity index (χ3v) is 8.69. The molecule has 39 heavy (non-hydrogen) atoms. The number of hydrogen-bond acceptors (Lipinski definition) is 4. The van der Waals surface area contributed by atoms with Crippen LogP contribution in [0.3, 0.4) is 0 Å². The fourth-order valence-electron chi connectivity index (χ4n) is 4.05. The van der Waals surface area contributed by atoms with Gasteiger partial charge in [0.25, 0.3) is 0 Å². The molecule has 0 aliphatic carbocycles. The Hall–Kier alpha value is -2.26. The Kier molecular flexibility index (Phi) is 9.21. The molecule has 0 unspecified atom stereocenters. The Morgan fingerprint density at radius 1 is 0.590 bits per heavy atom. The van der Waals surface area contributed by atoms with Crippen LogP contribution < -0.4 is 9.47 Å². The molecule has 0 radical (unpaired) electrons. The Labute approximate surface area is 261 Å². The van der Waals surface area contributed by atoms with E-state index in [4.69, 9.17) is 9.47 Å². The molecule has 8 heteroatoms. The lowest BCUT2D eigenvalue weighted by atomic mass is 9.78. The van der Waals surface area contributed by atoms with E-state index in [-0.39, 0.29) is 0 Å². The average molecular weight is 780 g/mol. The standard InChI is InChI=1S/C31H24Br4O4/c1-17-7-5-9-19(11-17)29(36)38-27-23(32)13-21(14-24(27)33)31(3,4)22-15-25(34)28(26(35)16-22)39-30(37)20-10-6-8-18(2)12-20/h5-16H,1-4H3. The van der Waals surface area contributed by atoms with Gasteiger partial charge in [0.15, 0.2) is 11.5 Å². The summed E-state index contributed by atoms with van der Waals surface area (Å²) < 4.78 is 14.0. The number of carbonyl (C=O) groups is 2. The third-order valence-electron chi connectivity index (χ3n) is 6.34. The first-order chi connectivity index (χ1) is 18.4. The van der Waals surface area contributed by atoms with E-state index in [2.05, 4.69) is 77.6 Å². The number of aryl methyl sites for hydroxylation is 2. The molecule has 0 atom stereocenters. The normalized spacial score (nSPS) is 11.3. The van der Waals surface area contributed by atoms with Crippen molar-refractivity contribution in [2.24, 2.45) is 0 Å². The summed E-state index contributed by atoms with van der Waals surface area (Å²) in [5, 5.41) is 0. The number of hydrogen-bond donors (Lipinski definition) is 0. The maximum absolute atomic E-state index is 12.8. The van der Waals surface area contributed by atoms with E-state index in [1.54, 1.807) is 24.3 Å². The highest BCUT2D eigenvalue weighted by Crippen LogP contribution is 2.44. The molecule has 0 bridgehead atoms. The molecule has 0 aliphatic heterocycles. The van der Waals surface area contributed by atoms with E-state index in [0.717, 1.165) is 22.3 Å². The number of halogens is 4. The number of rotatable bonds is 6. The molecule has 0 saturated heterocycles. The average Bonchev–Trinajstić information content (AvgIpc) is 2.87. The minimum atomic E-state index is -0.464. The Balaban J connectivity index is 1.61. The first-order valence-corrected chi connectivity index (χ1v) is 15.1. The second kappa shape index (κ2) is 12.1. The lowest BCUT2D eigenvalue weighted by Crippen LogP contribution is -2.20. The molecule has 0 aliphatic rings. The van der Waals surface area contributed by atoms with Gasteiger partial charge < -0.3 is 9.47 Å². The van der Waals surface area contributed by atoms with Gasteiger partial charge in [-0.3, -0.25) is 0 Å². The van der Waals surface area contributed by atoms with Crippen molar-refractivity contribution >= 4 is 75.7 Å². The molecule has 200 valence electrons. The summed E-state index contributed by atoms with van der Waals surface area (Å²) in [5.41, 5.74) is 4.40. The quantitative estimate of drug-likeness (QED) is 0.145. The van der Waals surface area contributed by atoms with Gasteiger partial charge in [0.2, 0.25) is 0 Å². The molecule has 0 N–H and O–H groups in total. The van der Waals surface area contributed by atoms with Crippen molar-refractivity contribution in [3.05, 3.63) is 124 Å². The molecule has 4 nitrogen and oxygen atoms in total. The molecule has 0 aromatic heterocycles. The van der Waals surface area contributed by atoms with E-state index >= 15 is 0 Å². The van der Waals surface area contributed by atoms with Crippen LogP contribution in [0.5, 0.6) is 11.5 Å². The molecule has 0 heterocycles. The van der Waals surface area contributed by atoms with E-state index in [1.807, 2.05) is 62.4 Å². The maximum atomic E-state index is 12.8. The van der Waals surface area contributed by atoms with Crippen molar-refractivity contribution in [3.8, 4) is 11.5 Å². The first kappa shape index (κ1) is 29.7. The van der Waals surface area contributed by atoms with Crippen LogP contribution in [0.15, 0.2) is 90.7 Å². The van der Waals surface area contributed by atoms with Crippen LogP contribution in [-0.4, -0.2) is 11.9 Å². The first-order valence-electron chi connectivity index (χ1n) is 11.9. The van der Waals surface area contributed by atoms with Crippen LogP contribution in [0, 0.1) is 13.8 Å². The van der Waals surface area contributed by atoms with Gasteiger partial charge in [0, 0.05) is 5.41 Å². The zero-order valence-corrected chi connectivity index (χ0v) is 27.9. The molecule has 0 spiro atoms. The van der Waals surface area contributed by atoms with Crippen molar-refractivity contribution in [1.82, 2.24) is 0 Å². The molecule has 0 amide bonds. The van der Waals surface area contributed by atoms with Gasteiger partial charge in [0.05, 0.1) is 29.0 Å². The molecule has 0 saturated carbocycles. The van der Waals surface area contributed by atoms with Gasteiger partial charge in [0.1, 0.15) is 0 Å². The third kappa shape index (κ3) is 6.73. The van der Waals surface area contributed by atoms with Gasteiger partial charge >= 0.3 is 11.9 Å². The van der Waals surface area contributed by atoms with Gasteiger partial charge in [-0.2, -0.15) is 0 Å². The Morgan fingerprint density at radius 3 is 1.23 bits per heavy atom. The monoisotopic (exact) mass is 776 g/mol. The highest BCUT2D eigenvalue weighted by atomic mass is 79.9. The largest absolute Gasteiger partial charge is 0.421 e. The lowest BCUT2D eigenvalue weighted by molar-refractivity contribution is 0.0722. The molecular formula is C31H24Br4O4. The molecule has 0 fully saturated rings. The molecule has 4 aromatic carbocycles. The summed E-state index contributed by atoms with van der Waals surface area (Å²) in [7, 11) is 0. The molecule has 4 aromatic rings. The van der Waals surface area contributed by atoms with Crippen molar-refractivity contribution < 1.29 is 19.1 Å². The number of benzene rings is 4. The van der Waals surface area contributed by atoms with Crippen LogP contribution >= 0.6 is 63.7 Å². The van der Waals surface area contributed by atoms with Gasteiger partial charge in [-0.05, 0) is 137 Å². The van der Waals surface area contributed by atoms with E-state index in [1.165, 1.54) is 0 Å². The zero-order chi connectivity index (χ0) is 28.5. The van der Waals surface area contributed by atoms with Crippen molar-refractivity contribution in [2.75, 3.05) is 0 Å². The van der Waals surface area contributed by atoms with E-state index < -0.39 is 17.4 Å². The second-order valence-corrected chi connectivity index (χ2v) is 13.1. The summed E-state index contributed by atoms with van der Waals surface area (Å²) >= 11 is 14.4. The topological polar surface area (TPSA) is 52.6 Å². The summed E-state index contributed by atoms with van der Waals surface area (Å²) in [6.07, 6.45) is 0. The van der Waals surface area contributed by atoms with Crippen LogP contribution in [-0.2, 0) is 5.41 Å².